The molecular formula is La2O7Ti2-8. The van der Waals surface area contributed by atoms with E-state index in [1.165, 1.54) is 0 Å². The van der Waals surface area contributed by atoms with E-state index in [2.05, 4.69) is 0 Å². The molecule has 0 saturated heterocycles. The molecule has 0 aromatic carbocycles. The largest absolute Gasteiger partial charge is 3.00 e. The molecule has 0 rings (SSSR count). The van der Waals surface area contributed by atoms with E-state index in [0.29, 0.717) is 0 Å². The van der Waals surface area contributed by atoms with Gasteiger partial charge in [-0.25, -0.2) is 0 Å². The normalized spacial score (nSPS) is 0. The van der Waals surface area contributed by atoms with Gasteiger partial charge in [0.15, 0.2) is 0 Å². The maximum atomic E-state index is 0. The van der Waals surface area contributed by atoms with Crippen LogP contribution in [0, 0.1) is 71.2 Å². The Labute approximate surface area is 150 Å². The summed E-state index contributed by atoms with van der Waals surface area (Å²) in [6.07, 6.45) is 0. The van der Waals surface area contributed by atoms with Crippen LogP contribution in [0.1, 0.15) is 0 Å². The molecule has 11 heavy (non-hydrogen) atoms. The third-order valence-electron chi connectivity index (χ3n) is 0. The van der Waals surface area contributed by atoms with Crippen molar-refractivity contribution in [3.8, 4) is 0 Å². The van der Waals surface area contributed by atoms with Crippen molar-refractivity contribution in [2.24, 2.45) is 0 Å². The SMILES string of the molecule is [La+3].[La+3].[O-2].[O-2].[O-2].[O-2].[O-2].[O-2].[O-2].[Ti].[Ti]. The van der Waals surface area contributed by atoms with Crippen LogP contribution in [0.4, 0.5) is 0 Å². The Morgan fingerprint density at radius 3 is 0.273 bits per heavy atom. The van der Waals surface area contributed by atoms with Crippen molar-refractivity contribution >= 4 is 0 Å². The fourth-order valence-corrected chi connectivity index (χ4v) is 0. The van der Waals surface area contributed by atoms with E-state index < -0.39 is 0 Å². The van der Waals surface area contributed by atoms with Crippen LogP contribution in [-0.4, -0.2) is 0 Å². The van der Waals surface area contributed by atoms with Crippen LogP contribution >= 0.6 is 0 Å². The predicted octanol–water partition coefficient (Wildman–Crippen LogP) is -0.837. The quantitative estimate of drug-likeness (QED) is 0.386. The first-order chi connectivity index (χ1) is 0. The third kappa shape index (κ3) is 144. The van der Waals surface area contributed by atoms with E-state index in [0.717, 1.165) is 0 Å². The molecule has 0 radical (unpaired) electrons. The van der Waals surface area contributed by atoms with Gasteiger partial charge in [-0.15, -0.1) is 0 Å². The molecule has 0 heterocycles. The minimum absolute atomic E-state index is 0. The average molecular weight is 486 g/mol. The van der Waals surface area contributed by atoms with Gasteiger partial charge in [0.2, 0.25) is 0 Å². The second kappa shape index (κ2) is 170. The van der Waals surface area contributed by atoms with E-state index in [-0.39, 0.29) is 153 Å². The monoisotopic (exact) mass is 486 g/mol. The first kappa shape index (κ1) is 213. The summed E-state index contributed by atoms with van der Waals surface area (Å²) < 4.78 is 0. The number of hydrogen-bond acceptors (Lipinski definition) is 0. The average Bonchev–Trinajstić information content (AvgIpc) is 0. The van der Waals surface area contributed by atoms with Crippen molar-refractivity contribution in [1.82, 2.24) is 0 Å². The molecule has 0 aliphatic carbocycles. The first-order valence-electron chi connectivity index (χ1n) is 0. The van der Waals surface area contributed by atoms with Crippen molar-refractivity contribution in [3.05, 3.63) is 0 Å². The molecule has 0 unspecified atom stereocenters. The topological polar surface area (TPSA) is 200 Å². The second-order valence-electron chi connectivity index (χ2n) is 0. The number of hydrogen-bond donors (Lipinski definition) is 0. The zero-order chi connectivity index (χ0) is 0. The zero-order valence-electron chi connectivity index (χ0n) is 5.01. The molecule has 7 nitrogen and oxygen atoms in total. The predicted molar refractivity (Wildman–Crippen MR) is 4.81 cm³/mol. The molecule has 0 amide bonds. The van der Waals surface area contributed by atoms with Crippen molar-refractivity contribution < 1.29 is 153 Å². The van der Waals surface area contributed by atoms with Gasteiger partial charge in [-0.3, -0.25) is 0 Å². The van der Waals surface area contributed by atoms with E-state index >= 15 is 0 Å². The Morgan fingerprint density at radius 1 is 0.273 bits per heavy atom. The van der Waals surface area contributed by atoms with Crippen molar-refractivity contribution in [1.29, 1.82) is 0 Å². The smallest absolute Gasteiger partial charge is 2.00 e. The molecule has 0 atom stereocenters. The molecule has 64 valence electrons. The molecule has 0 N–H and O–H groups in total. The molecular weight excluding hydrogens is 486 g/mol. The summed E-state index contributed by atoms with van der Waals surface area (Å²) in [7, 11) is 0. The van der Waals surface area contributed by atoms with Crippen LogP contribution in [-0.2, 0) is 81.8 Å². The zero-order valence-corrected chi connectivity index (χ0v) is 15.4. The molecule has 0 aromatic heterocycles. The maximum absolute atomic E-state index is 0. The van der Waals surface area contributed by atoms with E-state index in [9.17, 15) is 0 Å². The molecule has 0 fully saturated rings. The summed E-state index contributed by atoms with van der Waals surface area (Å²) in [5.74, 6) is 0. The molecule has 0 aromatic rings. The van der Waals surface area contributed by atoms with Gasteiger partial charge in [0.05, 0.1) is 0 Å². The Hall–Kier alpha value is 3.54. The Morgan fingerprint density at radius 2 is 0.273 bits per heavy atom. The van der Waals surface area contributed by atoms with Crippen LogP contribution < -0.4 is 0 Å². The van der Waals surface area contributed by atoms with E-state index in [1.807, 2.05) is 0 Å². The van der Waals surface area contributed by atoms with Crippen LogP contribution in [0.15, 0.2) is 0 Å². The summed E-state index contributed by atoms with van der Waals surface area (Å²) >= 11 is 0. The first-order valence-corrected chi connectivity index (χ1v) is 0. The van der Waals surface area contributed by atoms with Crippen molar-refractivity contribution in [2.45, 2.75) is 0 Å². The van der Waals surface area contributed by atoms with E-state index in [4.69, 9.17) is 0 Å². The van der Waals surface area contributed by atoms with Crippen molar-refractivity contribution in [2.75, 3.05) is 0 Å². The van der Waals surface area contributed by atoms with Gasteiger partial charge in [0.25, 0.3) is 0 Å². The fraction of sp³-hybridized carbons (Fsp3) is 0. The van der Waals surface area contributed by atoms with Crippen LogP contribution in [0.3, 0.4) is 0 Å². The van der Waals surface area contributed by atoms with Crippen molar-refractivity contribution in [3.63, 3.8) is 0 Å². The van der Waals surface area contributed by atoms with Gasteiger partial charge in [0.1, 0.15) is 0 Å². The molecule has 0 bridgehead atoms. The minimum Gasteiger partial charge on any atom is -2.00 e. The van der Waals surface area contributed by atoms with Gasteiger partial charge >= 0.3 is 71.2 Å². The van der Waals surface area contributed by atoms with Gasteiger partial charge in [0, 0.05) is 43.4 Å². The van der Waals surface area contributed by atoms with E-state index in [1.54, 1.807) is 0 Å². The number of rotatable bonds is 0. The molecule has 0 aliphatic heterocycles. The third-order valence-corrected chi connectivity index (χ3v) is 0. The summed E-state index contributed by atoms with van der Waals surface area (Å²) in [4.78, 5) is 0. The standard InChI is InChI=1S/2La.7O.2Ti/q2*+3;7*-2;;. The van der Waals surface area contributed by atoms with Gasteiger partial charge < -0.3 is 38.3 Å². The molecule has 0 saturated carbocycles. The van der Waals surface area contributed by atoms with Crippen LogP contribution in [0.25, 0.3) is 0 Å². The fourth-order valence-electron chi connectivity index (χ4n) is 0. The van der Waals surface area contributed by atoms with Gasteiger partial charge in [-0.05, 0) is 0 Å². The second-order valence-corrected chi connectivity index (χ2v) is 0. The Kier molecular flexibility index (Phi) is 3290. The van der Waals surface area contributed by atoms with Gasteiger partial charge in [-0.1, -0.05) is 0 Å². The molecule has 11 heteroatoms. The van der Waals surface area contributed by atoms with Crippen LogP contribution in [0.2, 0.25) is 0 Å². The van der Waals surface area contributed by atoms with Crippen LogP contribution in [0.5, 0.6) is 0 Å². The summed E-state index contributed by atoms with van der Waals surface area (Å²) in [5, 5.41) is 0. The Balaban J connectivity index is 0. The minimum atomic E-state index is 0. The molecule has 0 aliphatic rings. The van der Waals surface area contributed by atoms with Gasteiger partial charge in [-0.2, -0.15) is 0 Å². The summed E-state index contributed by atoms with van der Waals surface area (Å²) in [6, 6.07) is 0. The summed E-state index contributed by atoms with van der Waals surface area (Å²) in [6.45, 7) is 0. The molecule has 0 spiro atoms. The maximum Gasteiger partial charge on any atom is 3.00 e. The Bertz CT molecular complexity index is 14.4. The summed E-state index contributed by atoms with van der Waals surface area (Å²) in [5.41, 5.74) is 0.